The van der Waals surface area contributed by atoms with Gasteiger partial charge < -0.3 is 15.3 Å². The first-order valence-corrected chi connectivity index (χ1v) is 3.39. The van der Waals surface area contributed by atoms with Crippen LogP contribution >= 0.6 is 0 Å². The molecule has 0 aliphatic heterocycles. The summed E-state index contributed by atoms with van der Waals surface area (Å²) in [4.78, 5) is 19.1. The van der Waals surface area contributed by atoms with Crippen molar-refractivity contribution < 1.29 is 24.9 Å². The molecular weight excluding hydrogens is 178 g/mol. The number of rotatable bonds is 3. The van der Waals surface area contributed by atoms with Crippen LogP contribution in [0.4, 0.5) is 0 Å². The Hall–Kier alpha value is -1.40. The molecule has 76 valence electrons. The molecule has 6 heteroatoms. The van der Waals surface area contributed by atoms with Crippen molar-refractivity contribution in [1.29, 1.82) is 0 Å². The summed E-state index contributed by atoms with van der Waals surface area (Å²) in [6, 6.07) is 0. The third-order valence-corrected chi connectivity index (χ3v) is 0.786. The van der Waals surface area contributed by atoms with Gasteiger partial charge in [0.1, 0.15) is 6.23 Å². The van der Waals surface area contributed by atoms with E-state index in [1.54, 1.807) is 14.0 Å². The molecule has 0 aromatic carbocycles. The zero-order valence-electron chi connectivity index (χ0n) is 7.39. The van der Waals surface area contributed by atoms with E-state index in [1.807, 2.05) is 0 Å². The lowest BCUT2D eigenvalue weighted by Gasteiger charge is -1.94. The number of aliphatic hydroxyl groups is 1. The molecule has 0 aliphatic rings. The number of carboxylic acid groups (broad SMARTS) is 2. The normalized spacial score (nSPS) is 11.6. The molecule has 0 radical (unpaired) electrons. The van der Waals surface area contributed by atoms with Crippen LogP contribution in [0.5, 0.6) is 0 Å². The Kier molecular flexibility index (Phi) is 9.46. The second kappa shape index (κ2) is 8.69. The molecule has 13 heavy (non-hydrogen) atoms. The van der Waals surface area contributed by atoms with Crippen molar-refractivity contribution in [3.05, 3.63) is 12.2 Å². The van der Waals surface area contributed by atoms with Gasteiger partial charge in [0.25, 0.3) is 0 Å². The maximum absolute atomic E-state index is 9.55. The van der Waals surface area contributed by atoms with Gasteiger partial charge in [-0.25, -0.2) is 9.59 Å². The molecule has 0 fully saturated rings. The van der Waals surface area contributed by atoms with Gasteiger partial charge in [-0.2, -0.15) is 0 Å². The maximum atomic E-state index is 9.55. The summed E-state index contributed by atoms with van der Waals surface area (Å²) >= 11 is 0. The van der Waals surface area contributed by atoms with E-state index in [2.05, 4.69) is 5.32 Å². The summed E-state index contributed by atoms with van der Waals surface area (Å²) in [5.41, 5.74) is 0. The van der Waals surface area contributed by atoms with E-state index in [-0.39, 0.29) is 6.23 Å². The monoisotopic (exact) mass is 191 g/mol. The van der Waals surface area contributed by atoms with E-state index in [9.17, 15) is 9.59 Å². The van der Waals surface area contributed by atoms with Gasteiger partial charge in [-0.1, -0.05) is 0 Å². The third-order valence-electron chi connectivity index (χ3n) is 0.786. The molecule has 0 aromatic heterocycles. The van der Waals surface area contributed by atoms with Crippen LogP contribution in [-0.4, -0.2) is 40.5 Å². The highest BCUT2D eigenvalue weighted by Crippen LogP contribution is 1.70. The number of aliphatic carboxylic acids is 2. The van der Waals surface area contributed by atoms with Gasteiger partial charge >= 0.3 is 11.9 Å². The van der Waals surface area contributed by atoms with Gasteiger partial charge in [-0.3, -0.25) is 5.32 Å². The first-order chi connectivity index (χ1) is 5.90. The van der Waals surface area contributed by atoms with Crippen LogP contribution in [0.3, 0.4) is 0 Å². The van der Waals surface area contributed by atoms with Gasteiger partial charge in [-0.15, -0.1) is 0 Å². The van der Waals surface area contributed by atoms with Gasteiger partial charge in [0, 0.05) is 12.2 Å². The highest BCUT2D eigenvalue weighted by Gasteiger charge is 1.88. The first kappa shape index (κ1) is 14.1. The lowest BCUT2D eigenvalue weighted by Crippen LogP contribution is -2.19. The summed E-state index contributed by atoms with van der Waals surface area (Å²) in [5.74, 6) is -2.51. The SMILES string of the molecule is CNC(C)O.O=C(O)/C=C/C(=O)O. The number of hydrogen-bond donors (Lipinski definition) is 4. The van der Waals surface area contributed by atoms with Crippen molar-refractivity contribution in [2.45, 2.75) is 13.2 Å². The number of nitrogens with one attached hydrogen (secondary N) is 1. The van der Waals surface area contributed by atoms with Crippen molar-refractivity contribution in [2.75, 3.05) is 7.05 Å². The smallest absolute Gasteiger partial charge is 0.328 e. The minimum absolute atomic E-state index is 0.366. The highest BCUT2D eigenvalue weighted by molar-refractivity contribution is 5.89. The number of carbonyl (C=O) groups is 2. The van der Waals surface area contributed by atoms with Gasteiger partial charge in [0.15, 0.2) is 0 Å². The Morgan fingerprint density at radius 1 is 1.23 bits per heavy atom. The molecule has 0 spiro atoms. The summed E-state index contributed by atoms with van der Waals surface area (Å²) in [6.45, 7) is 1.67. The van der Waals surface area contributed by atoms with E-state index in [1.165, 1.54) is 0 Å². The fourth-order valence-electron chi connectivity index (χ4n) is 0.143. The Labute approximate surface area is 75.5 Å². The molecule has 0 saturated heterocycles. The molecule has 0 rings (SSSR count). The average molecular weight is 191 g/mol. The zero-order chi connectivity index (χ0) is 10.9. The van der Waals surface area contributed by atoms with Crippen LogP contribution in [0.1, 0.15) is 6.92 Å². The fraction of sp³-hybridized carbons (Fsp3) is 0.429. The quantitative estimate of drug-likeness (QED) is 0.345. The minimum Gasteiger partial charge on any atom is -0.478 e. The molecular formula is C7H13NO5. The van der Waals surface area contributed by atoms with Gasteiger partial charge in [0.2, 0.25) is 0 Å². The van der Waals surface area contributed by atoms with E-state index < -0.39 is 11.9 Å². The van der Waals surface area contributed by atoms with Crippen LogP contribution in [0.15, 0.2) is 12.2 Å². The van der Waals surface area contributed by atoms with Crippen LogP contribution in [0.25, 0.3) is 0 Å². The molecule has 0 aromatic rings. The van der Waals surface area contributed by atoms with Crippen molar-refractivity contribution in [3.63, 3.8) is 0 Å². The van der Waals surface area contributed by atoms with Gasteiger partial charge in [0.05, 0.1) is 0 Å². The van der Waals surface area contributed by atoms with E-state index in [0.717, 1.165) is 0 Å². The molecule has 6 nitrogen and oxygen atoms in total. The topological polar surface area (TPSA) is 107 Å². The number of aliphatic hydroxyl groups excluding tert-OH is 1. The van der Waals surface area contributed by atoms with Crippen LogP contribution in [0.2, 0.25) is 0 Å². The minimum atomic E-state index is -1.26. The zero-order valence-corrected chi connectivity index (χ0v) is 7.39. The Balaban J connectivity index is 0. The predicted molar refractivity (Wildman–Crippen MR) is 45.2 cm³/mol. The number of carboxylic acids is 2. The number of hydrogen-bond acceptors (Lipinski definition) is 4. The molecule has 0 saturated carbocycles. The maximum Gasteiger partial charge on any atom is 0.328 e. The standard InChI is InChI=1S/C4H4O4.C3H9NO/c5-3(6)1-2-4(7)8;1-3(5)4-2/h1-2H,(H,5,6)(H,7,8);3-5H,1-2H3/b2-1+;. The molecule has 1 atom stereocenters. The second-order valence-corrected chi connectivity index (χ2v) is 1.97. The van der Waals surface area contributed by atoms with E-state index in [4.69, 9.17) is 15.3 Å². The third kappa shape index (κ3) is 25.0. The molecule has 0 aliphatic carbocycles. The van der Waals surface area contributed by atoms with Crippen LogP contribution < -0.4 is 5.32 Å². The lowest BCUT2D eigenvalue weighted by atomic mass is 10.5. The molecule has 4 N–H and O–H groups in total. The van der Waals surface area contributed by atoms with Crippen molar-refractivity contribution in [3.8, 4) is 0 Å². The average Bonchev–Trinajstić information content (AvgIpc) is 2.02. The van der Waals surface area contributed by atoms with Gasteiger partial charge in [-0.05, 0) is 14.0 Å². The second-order valence-electron chi connectivity index (χ2n) is 1.97. The first-order valence-electron chi connectivity index (χ1n) is 3.39. The Morgan fingerprint density at radius 3 is 1.54 bits per heavy atom. The van der Waals surface area contributed by atoms with Crippen molar-refractivity contribution in [2.24, 2.45) is 0 Å². The summed E-state index contributed by atoms with van der Waals surface area (Å²) in [6.07, 6.45) is 0.750. The fourth-order valence-corrected chi connectivity index (χ4v) is 0.143. The molecule has 0 amide bonds. The van der Waals surface area contributed by atoms with Crippen LogP contribution in [0, 0.1) is 0 Å². The molecule has 0 bridgehead atoms. The summed E-state index contributed by atoms with van der Waals surface area (Å²) in [7, 11) is 1.70. The van der Waals surface area contributed by atoms with Crippen LogP contribution in [-0.2, 0) is 9.59 Å². The Morgan fingerprint density at radius 2 is 1.46 bits per heavy atom. The van der Waals surface area contributed by atoms with Crippen molar-refractivity contribution in [1.82, 2.24) is 5.32 Å². The summed E-state index contributed by atoms with van der Waals surface area (Å²) in [5, 5.41) is 26.5. The highest BCUT2D eigenvalue weighted by atomic mass is 16.4. The van der Waals surface area contributed by atoms with Crippen molar-refractivity contribution >= 4 is 11.9 Å². The lowest BCUT2D eigenvalue weighted by molar-refractivity contribution is -0.134. The van der Waals surface area contributed by atoms with E-state index >= 15 is 0 Å². The summed E-state index contributed by atoms with van der Waals surface area (Å²) < 4.78 is 0. The molecule has 1 unspecified atom stereocenters. The Bertz CT molecular complexity index is 171. The predicted octanol–water partition coefficient (Wildman–Crippen LogP) is -0.744. The molecule has 0 heterocycles. The largest absolute Gasteiger partial charge is 0.478 e. The van der Waals surface area contributed by atoms with E-state index in [0.29, 0.717) is 12.2 Å².